The molecule has 0 aliphatic carbocycles. The number of nitrogens with zero attached hydrogens (tertiary/aromatic N) is 1. The fourth-order valence-electron chi connectivity index (χ4n) is 1.00. The van der Waals surface area contributed by atoms with Crippen molar-refractivity contribution >= 4 is 11.9 Å². The predicted molar refractivity (Wildman–Crippen MR) is 65.8 cm³/mol. The Labute approximate surface area is 98.6 Å². The molecule has 0 saturated carbocycles. The zero-order chi connectivity index (χ0) is 13.0. The number of ketones is 1. The first kappa shape index (κ1) is 17.3. The third-order valence-electron chi connectivity index (χ3n) is 1.83. The molecule has 0 saturated heterocycles. The van der Waals surface area contributed by atoms with Gasteiger partial charge in [0.1, 0.15) is 5.78 Å². The molecule has 0 aliphatic rings. The lowest BCUT2D eigenvalue weighted by molar-refractivity contribution is -0.114. The summed E-state index contributed by atoms with van der Waals surface area (Å²) >= 11 is 0. The molecule has 0 radical (unpaired) electrons. The molecule has 96 valence electrons. The molecule has 0 aromatic carbocycles. The van der Waals surface area contributed by atoms with Crippen LogP contribution in [-0.2, 0) is 4.79 Å². The van der Waals surface area contributed by atoms with Gasteiger partial charge in [0.25, 0.3) is 0 Å². The van der Waals surface area contributed by atoms with Crippen molar-refractivity contribution in [3.63, 3.8) is 0 Å². The van der Waals surface area contributed by atoms with Gasteiger partial charge in [0.05, 0.1) is 0 Å². The van der Waals surface area contributed by atoms with Gasteiger partial charge in [-0.3, -0.25) is 0 Å². The Balaban J connectivity index is 0. The lowest BCUT2D eigenvalue weighted by atomic mass is 10.3. The van der Waals surface area contributed by atoms with Gasteiger partial charge in [-0.1, -0.05) is 26.7 Å². The van der Waals surface area contributed by atoms with Gasteiger partial charge < -0.3 is 14.8 Å². The Morgan fingerprint density at radius 3 is 1.50 bits per heavy atom. The second kappa shape index (κ2) is 12.0. The maximum atomic E-state index is 10.6. The Hall–Kier alpha value is -1.06. The maximum Gasteiger partial charge on any atom is 0.407 e. The Morgan fingerprint density at radius 2 is 1.31 bits per heavy atom. The zero-order valence-electron chi connectivity index (χ0n) is 11.0. The quantitative estimate of drug-likeness (QED) is 0.764. The van der Waals surface area contributed by atoms with Crippen molar-refractivity contribution in [1.82, 2.24) is 4.90 Å². The van der Waals surface area contributed by atoms with Crippen molar-refractivity contribution in [3.8, 4) is 0 Å². The Kier molecular flexibility index (Phi) is 13.0. The van der Waals surface area contributed by atoms with E-state index in [1.807, 2.05) is 0 Å². The van der Waals surface area contributed by atoms with Crippen LogP contribution in [-0.4, -0.2) is 35.0 Å². The molecule has 4 nitrogen and oxygen atoms in total. The van der Waals surface area contributed by atoms with Crippen molar-refractivity contribution in [2.24, 2.45) is 0 Å². The molecule has 0 aromatic heterocycles. The van der Waals surface area contributed by atoms with E-state index in [0.717, 1.165) is 25.7 Å². The molecule has 0 aromatic rings. The summed E-state index contributed by atoms with van der Waals surface area (Å²) in [6.45, 7) is 8.57. The van der Waals surface area contributed by atoms with Crippen LogP contribution < -0.4 is 0 Å². The van der Waals surface area contributed by atoms with E-state index in [2.05, 4.69) is 13.8 Å². The number of carbonyl (C=O) groups excluding carboxylic acids is 1. The SMILES string of the molecule is CC(C)=O.CCCCN(CCCC)C(=O)O. The van der Waals surface area contributed by atoms with Crippen molar-refractivity contribution in [2.45, 2.75) is 53.4 Å². The highest BCUT2D eigenvalue weighted by Gasteiger charge is 2.08. The molecular formula is C12H25NO3. The molecular weight excluding hydrogens is 206 g/mol. The van der Waals surface area contributed by atoms with Gasteiger partial charge in [-0.25, -0.2) is 4.79 Å². The molecule has 0 heterocycles. The lowest BCUT2D eigenvalue weighted by Gasteiger charge is -2.17. The van der Waals surface area contributed by atoms with E-state index in [1.54, 1.807) is 0 Å². The van der Waals surface area contributed by atoms with E-state index in [9.17, 15) is 9.59 Å². The number of hydrogen-bond donors (Lipinski definition) is 1. The molecule has 0 atom stereocenters. The number of unbranched alkanes of at least 4 members (excludes halogenated alkanes) is 2. The highest BCUT2D eigenvalue weighted by atomic mass is 16.4. The normalized spacial score (nSPS) is 9.00. The topological polar surface area (TPSA) is 57.6 Å². The number of Topliss-reactive ketones (excluding diaryl/α,β-unsaturated/α-hetero) is 1. The molecule has 0 spiro atoms. The fraction of sp³-hybridized carbons (Fsp3) is 0.833. The van der Waals surface area contributed by atoms with Crippen molar-refractivity contribution in [2.75, 3.05) is 13.1 Å². The minimum atomic E-state index is -0.781. The van der Waals surface area contributed by atoms with Gasteiger partial charge in [0.15, 0.2) is 0 Å². The van der Waals surface area contributed by atoms with Crippen LogP contribution in [0.5, 0.6) is 0 Å². The predicted octanol–water partition coefficient (Wildman–Crippen LogP) is 3.16. The minimum absolute atomic E-state index is 0.167. The molecule has 1 amide bonds. The smallest absolute Gasteiger partial charge is 0.407 e. The first-order valence-electron chi connectivity index (χ1n) is 5.90. The van der Waals surface area contributed by atoms with Gasteiger partial charge in [-0.15, -0.1) is 0 Å². The summed E-state index contributed by atoms with van der Waals surface area (Å²) in [5.41, 5.74) is 0. The molecule has 0 unspecified atom stereocenters. The van der Waals surface area contributed by atoms with E-state index < -0.39 is 6.09 Å². The number of carboxylic acid groups (broad SMARTS) is 1. The molecule has 4 heteroatoms. The monoisotopic (exact) mass is 231 g/mol. The minimum Gasteiger partial charge on any atom is -0.465 e. The van der Waals surface area contributed by atoms with Gasteiger partial charge in [-0.05, 0) is 26.7 Å². The number of rotatable bonds is 6. The van der Waals surface area contributed by atoms with Gasteiger partial charge in [0, 0.05) is 13.1 Å². The lowest BCUT2D eigenvalue weighted by Crippen LogP contribution is -2.31. The molecule has 0 rings (SSSR count). The highest BCUT2D eigenvalue weighted by Crippen LogP contribution is 1.98. The first-order valence-corrected chi connectivity index (χ1v) is 5.90. The summed E-state index contributed by atoms with van der Waals surface area (Å²) in [6.07, 6.45) is 3.26. The summed E-state index contributed by atoms with van der Waals surface area (Å²) in [4.78, 5) is 21.6. The van der Waals surface area contributed by atoms with Crippen molar-refractivity contribution < 1.29 is 14.7 Å². The first-order chi connectivity index (χ1) is 7.45. The van der Waals surface area contributed by atoms with E-state index in [1.165, 1.54) is 18.7 Å². The zero-order valence-corrected chi connectivity index (χ0v) is 11.0. The summed E-state index contributed by atoms with van der Waals surface area (Å²) in [7, 11) is 0. The molecule has 0 aliphatic heterocycles. The van der Waals surface area contributed by atoms with Crippen LogP contribution in [0.1, 0.15) is 53.4 Å². The van der Waals surface area contributed by atoms with E-state index >= 15 is 0 Å². The van der Waals surface area contributed by atoms with Crippen LogP contribution in [0, 0.1) is 0 Å². The summed E-state index contributed by atoms with van der Waals surface area (Å²) < 4.78 is 0. The fourth-order valence-corrected chi connectivity index (χ4v) is 1.00. The van der Waals surface area contributed by atoms with Crippen molar-refractivity contribution in [1.29, 1.82) is 0 Å². The average molecular weight is 231 g/mol. The maximum absolute atomic E-state index is 10.6. The molecule has 0 fully saturated rings. The van der Waals surface area contributed by atoms with Crippen LogP contribution in [0.15, 0.2) is 0 Å². The van der Waals surface area contributed by atoms with Gasteiger partial charge in [0.2, 0.25) is 0 Å². The van der Waals surface area contributed by atoms with E-state index in [-0.39, 0.29) is 5.78 Å². The molecule has 1 N–H and O–H groups in total. The van der Waals surface area contributed by atoms with E-state index in [0.29, 0.717) is 13.1 Å². The second-order valence-electron chi connectivity index (χ2n) is 3.88. The van der Waals surface area contributed by atoms with Gasteiger partial charge >= 0.3 is 6.09 Å². The highest BCUT2D eigenvalue weighted by molar-refractivity contribution is 5.72. The van der Waals surface area contributed by atoms with Crippen LogP contribution in [0.3, 0.4) is 0 Å². The molecule has 16 heavy (non-hydrogen) atoms. The number of hydrogen-bond acceptors (Lipinski definition) is 2. The van der Waals surface area contributed by atoms with Gasteiger partial charge in [-0.2, -0.15) is 0 Å². The van der Waals surface area contributed by atoms with Crippen LogP contribution in [0.2, 0.25) is 0 Å². The largest absolute Gasteiger partial charge is 0.465 e. The Bertz CT molecular complexity index is 181. The standard InChI is InChI=1S/C9H19NO2.C3H6O/c1-3-5-7-10(9(11)12)8-6-4-2;1-3(2)4/h3-8H2,1-2H3,(H,11,12);1-2H3. The summed E-state index contributed by atoms with van der Waals surface area (Å²) in [5, 5.41) is 8.75. The third-order valence-corrected chi connectivity index (χ3v) is 1.83. The summed E-state index contributed by atoms with van der Waals surface area (Å²) in [6, 6.07) is 0. The number of carbonyl (C=O) groups is 2. The third kappa shape index (κ3) is 15.4. The second-order valence-corrected chi connectivity index (χ2v) is 3.88. The van der Waals surface area contributed by atoms with E-state index in [4.69, 9.17) is 5.11 Å². The molecule has 0 bridgehead atoms. The number of amides is 1. The van der Waals surface area contributed by atoms with Crippen molar-refractivity contribution in [3.05, 3.63) is 0 Å². The average Bonchev–Trinajstić information content (AvgIpc) is 2.16. The van der Waals surface area contributed by atoms with Crippen LogP contribution in [0.4, 0.5) is 4.79 Å². The van der Waals surface area contributed by atoms with Crippen LogP contribution >= 0.6 is 0 Å². The summed E-state index contributed by atoms with van der Waals surface area (Å²) in [5.74, 6) is 0.167. The Morgan fingerprint density at radius 1 is 1.00 bits per heavy atom. The van der Waals surface area contributed by atoms with Crippen LogP contribution in [0.25, 0.3) is 0 Å².